The third kappa shape index (κ3) is 3.29. The number of rotatable bonds is 5. The fourth-order valence-corrected chi connectivity index (χ4v) is 5.64. The van der Waals surface area contributed by atoms with Crippen LogP contribution in [0.5, 0.6) is 0 Å². The van der Waals surface area contributed by atoms with Crippen molar-refractivity contribution in [2.75, 3.05) is 6.54 Å². The van der Waals surface area contributed by atoms with E-state index >= 15 is 0 Å². The van der Waals surface area contributed by atoms with Crippen LogP contribution < -0.4 is 4.72 Å². The van der Waals surface area contributed by atoms with Gasteiger partial charge in [-0.2, -0.15) is 13.2 Å². The molecule has 4 rings (SSSR count). The molecule has 0 spiro atoms. The van der Waals surface area contributed by atoms with E-state index < -0.39 is 33.6 Å². The maximum absolute atomic E-state index is 12.6. The Morgan fingerprint density at radius 1 is 1.17 bits per heavy atom. The highest BCUT2D eigenvalue weighted by Gasteiger charge is 2.55. The predicted molar refractivity (Wildman–Crippen MR) is 79.1 cm³/mol. The van der Waals surface area contributed by atoms with Gasteiger partial charge >= 0.3 is 21.5 Å². The number of carbonyl (C=O) groups excluding carboxylic acids is 1. The van der Waals surface area contributed by atoms with Gasteiger partial charge < -0.3 is 4.74 Å². The van der Waals surface area contributed by atoms with E-state index in [1.165, 1.54) is 11.6 Å². The molecule has 0 aromatic heterocycles. The molecule has 0 aliphatic heterocycles. The molecule has 9 heteroatoms. The Bertz CT molecular complexity index is 581. The molecule has 5 nitrogen and oxygen atoms in total. The summed E-state index contributed by atoms with van der Waals surface area (Å²) in [6.45, 7) is 0.817. The summed E-state index contributed by atoms with van der Waals surface area (Å²) in [4.78, 5) is 12.6. The molecule has 0 aromatic carbocycles. The molecule has 0 aromatic rings. The Kier molecular flexibility index (Phi) is 4.39. The molecule has 4 aliphatic rings. The van der Waals surface area contributed by atoms with Crippen LogP contribution >= 0.6 is 0 Å². The lowest BCUT2D eigenvalue weighted by atomic mass is 9.49. The average molecular weight is 369 g/mol. The highest BCUT2D eigenvalue weighted by molar-refractivity contribution is 7.90. The van der Waals surface area contributed by atoms with Crippen LogP contribution in [-0.4, -0.2) is 32.5 Å². The van der Waals surface area contributed by atoms with Gasteiger partial charge in [0.2, 0.25) is 0 Å². The first-order chi connectivity index (χ1) is 11.0. The van der Waals surface area contributed by atoms with Crippen molar-refractivity contribution in [2.24, 2.45) is 23.2 Å². The summed E-state index contributed by atoms with van der Waals surface area (Å²) in [7, 11) is -5.41. The number of nitrogens with one attached hydrogen (secondary N) is 1. The largest absolute Gasteiger partial charge is 0.511 e. The van der Waals surface area contributed by atoms with Crippen LogP contribution in [0.25, 0.3) is 0 Å². The summed E-state index contributed by atoms with van der Waals surface area (Å²) in [6, 6.07) is 0. The van der Waals surface area contributed by atoms with Gasteiger partial charge in [0.15, 0.2) is 0 Å². The number of sulfonamides is 1. The van der Waals surface area contributed by atoms with Gasteiger partial charge in [-0.3, -0.25) is 4.79 Å². The van der Waals surface area contributed by atoms with Crippen molar-refractivity contribution in [3.05, 3.63) is 0 Å². The standard InChI is InChI=1S/C15H22F3NO4S/c1-9(8-19-24(21,22)15(16,17)18)23-13(20)14-5-10-2-11(6-14)4-12(3-10)7-14/h9-12,19H,2-8H2,1H3. The molecule has 0 radical (unpaired) electrons. The van der Waals surface area contributed by atoms with Crippen molar-refractivity contribution < 1.29 is 31.1 Å². The van der Waals surface area contributed by atoms with E-state index in [9.17, 15) is 26.4 Å². The number of ether oxygens (including phenoxy) is 1. The van der Waals surface area contributed by atoms with Gasteiger partial charge in [-0.1, -0.05) is 0 Å². The third-order valence-corrected chi connectivity index (χ3v) is 6.80. The van der Waals surface area contributed by atoms with E-state index in [0.29, 0.717) is 17.8 Å². The van der Waals surface area contributed by atoms with Crippen LogP contribution in [-0.2, 0) is 19.6 Å². The first-order valence-electron chi connectivity index (χ1n) is 8.28. The normalized spacial score (nSPS) is 36.6. The molecule has 138 valence electrons. The highest BCUT2D eigenvalue weighted by Crippen LogP contribution is 2.60. The molecular weight excluding hydrogens is 347 g/mol. The second-order valence-electron chi connectivity index (χ2n) is 7.71. The summed E-state index contributed by atoms with van der Waals surface area (Å²) in [5, 5.41) is 0. The topological polar surface area (TPSA) is 72.5 Å². The summed E-state index contributed by atoms with van der Waals surface area (Å²) in [5.74, 6) is 1.26. The first kappa shape index (κ1) is 18.0. The van der Waals surface area contributed by atoms with Crippen molar-refractivity contribution in [1.82, 2.24) is 4.72 Å². The van der Waals surface area contributed by atoms with Gasteiger partial charge in [0.25, 0.3) is 0 Å². The molecule has 1 atom stereocenters. The Labute approximate surface area is 139 Å². The third-order valence-electron chi connectivity index (χ3n) is 5.64. The molecule has 24 heavy (non-hydrogen) atoms. The highest BCUT2D eigenvalue weighted by atomic mass is 32.2. The lowest BCUT2D eigenvalue weighted by molar-refractivity contribution is -0.175. The number of esters is 1. The molecule has 0 heterocycles. The Balaban J connectivity index is 1.57. The van der Waals surface area contributed by atoms with Crippen molar-refractivity contribution >= 4 is 16.0 Å². The lowest BCUT2D eigenvalue weighted by Crippen LogP contribution is -2.51. The van der Waals surface area contributed by atoms with E-state index in [4.69, 9.17) is 4.74 Å². The summed E-state index contributed by atoms with van der Waals surface area (Å²) >= 11 is 0. The molecular formula is C15H22F3NO4S. The molecule has 4 bridgehead atoms. The number of alkyl halides is 3. The Morgan fingerprint density at radius 2 is 1.62 bits per heavy atom. The number of hydrogen-bond donors (Lipinski definition) is 1. The van der Waals surface area contributed by atoms with E-state index in [1.54, 1.807) is 0 Å². The summed E-state index contributed by atoms with van der Waals surface area (Å²) in [5.41, 5.74) is -5.87. The summed E-state index contributed by atoms with van der Waals surface area (Å²) in [6.07, 6.45) is 4.91. The van der Waals surface area contributed by atoms with E-state index in [1.807, 2.05) is 0 Å². The van der Waals surface area contributed by atoms with Crippen LogP contribution in [0.2, 0.25) is 0 Å². The number of hydrogen-bond acceptors (Lipinski definition) is 4. The van der Waals surface area contributed by atoms with Gasteiger partial charge in [0.1, 0.15) is 6.10 Å². The second-order valence-corrected chi connectivity index (χ2v) is 9.47. The van der Waals surface area contributed by atoms with Crippen molar-refractivity contribution in [3.8, 4) is 0 Å². The van der Waals surface area contributed by atoms with E-state index in [0.717, 1.165) is 38.5 Å². The van der Waals surface area contributed by atoms with Crippen LogP contribution in [0.4, 0.5) is 13.2 Å². The average Bonchev–Trinajstić information content (AvgIpc) is 2.42. The Morgan fingerprint density at radius 3 is 2.04 bits per heavy atom. The fourth-order valence-electron chi connectivity index (χ4n) is 5.02. The molecule has 0 amide bonds. The smallest absolute Gasteiger partial charge is 0.461 e. The SMILES string of the molecule is CC(CNS(=O)(=O)C(F)(F)F)OC(=O)C12CC3CC(CC(C3)C1)C2. The monoisotopic (exact) mass is 369 g/mol. The number of carbonyl (C=O) groups is 1. The van der Waals surface area contributed by atoms with E-state index in [-0.39, 0.29) is 5.97 Å². The molecule has 1 unspecified atom stereocenters. The maximum Gasteiger partial charge on any atom is 0.511 e. The second kappa shape index (κ2) is 5.86. The minimum absolute atomic E-state index is 0.375. The van der Waals surface area contributed by atoms with Crippen LogP contribution in [0.3, 0.4) is 0 Å². The van der Waals surface area contributed by atoms with Crippen molar-refractivity contribution in [2.45, 2.75) is 57.1 Å². The van der Waals surface area contributed by atoms with Gasteiger partial charge in [-0.05, 0) is 63.2 Å². The van der Waals surface area contributed by atoms with E-state index in [2.05, 4.69) is 0 Å². The Hall–Kier alpha value is -0.830. The lowest BCUT2D eigenvalue weighted by Gasteiger charge is -2.55. The minimum Gasteiger partial charge on any atom is -0.461 e. The van der Waals surface area contributed by atoms with Crippen LogP contribution in [0.15, 0.2) is 0 Å². The quantitative estimate of drug-likeness (QED) is 0.756. The van der Waals surface area contributed by atoms with Gasteiger partial charge in [-0.15, -0.1) is 0 Å². The maximum atomic E-state index is 12.6. The first-order valence-corrected chi connectivity index (χ1v) is 9.76. The van der Waals surface area contributed by atoms with Crippen molar-refractivity contribution in [3.63, 3.8) is 0 Å². The fraction of sp³-hybridized carbons (Fsp3) is 0.933. The zero-order valence-electron chi connectivity index (χ0n) is 13.4. The molecule has 4 saturated carbocycles. The molecule has 4 fully saturated rings. The van der Waals surface area contributed by atoms with Gasteiger partial charge in [0.05, 0.1) is 5.41 Å². The van der Waals surface area contributed by atoms with Crippen LogP contribution in [0, 0.1) is 23.2 Å². The molecule has 0 saturated heterocycles. The van der Waals surface area contributed by atoms with Crippen molar-refractivity contribution in [1.29, 1.82) is 0 Å². The minimum atomic E-state index is -5.41. The number of halogens is 3. The summed E-state index contributed by atoms with van der Waals surface area (Å²) < 4.78 is 65.6. The molecule has 4 aliphatic carbocycles. The molecule has 1 N–H and O–H groups in total. The van der Waals surface area contributed by atoms with Gasteiger partial charge in [-0.25, -0.2) is 13.1 Å². The predicted octanol–water partition coefficient (Wildman–Crippen LogP) is 2.57. The zero-order chi connectivity index (χ0) is 17.8. The zero-order valence-corrected chi connectivity index (χ0v) is 14.3. The van der Waals surface area contributed by atoms with Gasteiger partial charge in [0, 0.05) is 6.54 Å². The van der Waals surface area contributed by atoms with Crippen LogP contribution in [0.1, 0.15) is 45.4 Å².